The van der Waals surface area contributed by atoms with Crippen LogP contribution in [0.5, 0.6) is 0 Å². The molecule has 3 rings (SSSR count). The Morgan fingerprint density at radius 2 is 1.79 bits per heavy atom. The van der Waals surface area contributed by atoms with Gasteiger partial charge in [-0.3, -0.25) is 14.6 Å². The molecule has 2 aliphatic rings. The second-order valence-electron chi connectivity index (χ2n) is 7.20. The molecule has 1 aromatic rings. The summed E-state index contributed by atoms with van der Waals surface area (Å²) in [5.74, 6) is 0.845. The number of benzene rings is 1. The molecule has 0 bridgehead atoms. The Balaban J connectivity index is 1.37. The molecule has 24 heavy (non-hydrogen) atoms. The van der Waals surface area contributed by atoms with Crippen LogP contribution in [0.3, 0.4) is 0 Å². The quantitative estimate of drug-likeness (QED) is 0.790. The molecule has 2 atom stereocenters. The van der Waals surface area contributed by atoms with Crippen LogP contribution in [-0.4, -0.2) is 66.1 Å². The predicted octanol–water partition coefficient (Wildman–Crippen LogP) is 1.25. The minimum Gasteiger partial charge on any atom is -0.387 e. The number of hydrogen-bond donors (Lipinski definition) is 2. The number of amides is 1. The summed E-state index contributed by atoms with van der Waals surface area (Å²) in [6.07, 6.45) is 2.06. The molecule has 0 unspecified atom stereocenters. The van der Waals surface area contributed by atoms with Crippen molar-refractivity contribution in [3.63, 3.8) is 0 Å². The van der Waals surface area contributed by atoms with Crippen LogP contribution in [0.25, 0.3) is 0 Å². The Morgan fingerprint density at radius 3 is 2.42 bits per heavy atom. The number of nitrogens with one attached hydrogen (secondary N) is 1. The molecule has 132 valence electrons. The van der Waals surface area contributed by atoms with E-state index in [0.717, 1.165) is 31.7 Å². The molecular formula is C19H29N3O2. The number of hydrogen-bond acceptors (Lipinski definition) is 4. The average Bonchev–Trinajstić information content (AvgIpc) is 3.42. The largest absolute Gasteiger partial charge is 0.387 e. The number of aliphatic hydroxyl groups is 1. The topological polar surface area (TPSA) is 55.8 Å². The van der Waals surface area contributed by atoms with E-state index < -0.39 is 6.10 Å². The highest BCUT2D eigenvalue weighted by atomic mass is 16.3. The molecule has 1 saturated carbocycles. The zero-order chi connectivity index (χ0) is 16.9. The van der Waals surface area contributed by atoms with E-state index in [1.54, 1.807) is 0 Å². The van der Waals surface area contributed by atoms with Crippen molar-refractivity contribution in [3.05, 3.63) is 35.9 Å². The van der Waals surface area contributed by atoms with Crippen molar-refractivity contribution in [2.24, 2.45) is 5.92 Å². The summed E-state index contributed by atoms with van der Waals surface area (Å²) < 4.78 is 0. The van der Waals surface area contributed by atoms with E-state index in [0.29, 0.717) is 25.0 Å². The van der Waals surface area contributed by atoms with E-state index in [-0.39, 0.29) is 5.91 Å². The Kier molecular flexibility index (Phi) is 5.87. The first kappa shape index (κ1) is 17.4. The van der Waals surface area contributed by atoms with Gasteiger partial charge in [0.2, 0.25) is 5.91 Å². The summed E-state index contributed by atoms with van der Waals surface area (Å²) >= 11 is 0. The van der Waals surface area contributed by atoms with Gasteiger partial charge in [0.05, 0.1) is 12.6 Å². The van der Waals surface area contributed by atoms with Crippen molar-refractivity contribution in [2.45, 2.75) is 31.9 Å². The molecule has 2 N–H and O–H groups in total. The van der Waals surface area contributed by atoms with Crippen LogP contribution in [0.4, 0.5) is 0 Å². The molecule has 1 aliphatic carbocycles. The molecule has 5 heteroatoms. The van der Waals surface area contributed by atoms with Gasteiger partial charge < -0.3 is 10.4 Å². The fourth-order valence-electron chi connectivity index (χ4n) is 3.37. The van der Waals surface area contributed by atoms with Crippen molar-refractivity contribution < 1.29 is 9.90 Å². The van der Waals surface area contributed by atoms with E-state index in [1.807, 2.05) is 30.3 Å². The van der Waals surface area contributed by atoms with Gasteiger partial charge in [-0.05, 0) is 31.2 Å². The van der Waals surface area contributed by atoms with Crippen LogP contribution in [0.2, 0.25) is 0 Å². The maximum Gasteiger partial charge on any atom is 0.234 e. The van der Waals surface area contributed by atoms with Crippen LogP contribution in [-0.2, 0) is 4.79 Å². The molecule has 0 aromatic heterocycles. The van der Waals surface area contributed by atoms with Gasteiger partial charge in [0.15, 0.2) is 0 Å². The normalized spacial score (nSPS) is 22.1. The molecule has 1 aromatic carbocycles. The highest BCUT2D eigenvalue weighted by Crippen LogP contribution is 2.32. The average molecular weight is 331 g/mol. The van der Waals surface area contributed by atoms with Gasteiger partial charge in [-0.1, -0.05) is 30.3 Å². The number of rotatable bonds is 7. The van der Waals surface area contributed by atoms with E-state index >= 15 is 0 Å². The molecule has 0 spiro atoms. The molecule has 2 fully saturated rings. The highest BCUT2D eigenvalue weighted by molar-refractivity contribution is 5.78. The first-order valence-corrected chi connectivity index (χ1v) is 9.09. The van der Waals surface area contributed by atoms with E-state index in [9.17, 15) is 9.90 Å². The molecular weight excluding hydrogens is 302 g/mol. The summed E-state index contributed by atoms with van der Waals surface area (Å²) in [5, 5.41) is 13.4. The Labute approximate surface area is 144 Å². The minimum absolute atomic E-state index is 0.146. The van der Waals surface area contributed by atoms with Crippen molar-refractivity contribution in [1.29, 1.82) is 0 Å². The minimum atomic E-state index is -0.444. The summed E-state index contributed by atoms with van der Waals surface area (Å²) in [5.41, 5.74) is 0.966. The van der Waals surface area contributed by atoms with Crippen LogP contribution in [0, 0.1) is 5.92 Å². The van der Waals surface area contributed by atoms with Crippen molar-refractivity contribution >= 4 is 5.91 Å². The van der Waals surface area contributed by atoms with E-state index in [4.69, 9.17) is 0 Å². The zero-order valence-electron chi connectivity index (χ0n) is 14.5. The van der Waals surface area contributed by atoms with Crippen LogP contribution in [0.1, 0.15) is 31.4 Å². The van der Waals surface area contributed by atoms with Crippen molar-refractivity contribution in [3.8, 4) is 0 Å². The third-order valence-corrected chi connectivity index (χ3v) is 5.17. The van der Waals surface area contributed by atoms with E-state index in [2.05, 4.69) is 22.0 Å². The van der Waals surface area contributed by atoms with Crippen molar-refractivity contribution in [2.75, 3.05) is 39.3 Å². The lowest BCUT2D eigenvalue weighted by Crippen LogP contribution is -2.51. The molecule has 1 heterocycles. The number of carbonyl (C=O) groups is 1. The first-order chi connectivity index (χ1) is 11.6. The van der Waals surface area contributed by atoms with Crippen LogP contribution < -0.4 is 5.32 Å². The molecule has 5 nitrogen and oxygen atoms in total. The second-order valence-corrected chi connectivity index (χ2v) is 7.20. The van der Waals surface area contributed by atoms with Crippen LogP contribution in [0.15, 0.2) is 30.3 Å². The molecule has 1 amide bonds. The third-order valence-electron chi connectivity index (χ3n) is 5.17. The highest BCUT2D eigenvalue weighted by Gasteiger charge is 2.29. The zero-order valence-corrected chi connectivity index (χ0v) is 14.5. The fraction of sp³-hybridized carbons (Fsp3) is 0.632. The Bertz CT molecular complexity index is 525. The number of carbonyl (C=O) groups excluding carboxylic acids is 1. The number of piperazine rings is 1. The number of nitrogens with zero attached hydrogens (tertiary/aromatic N) is 2. The Hall–Kier alpha value is -1.43. The third kappa shape index (κ3) is 5.03. The monoisotopic (exact) mass is 331 g/mol. The van der Waals surface area contributed by atoms with Gasteiger partial charge in [-0.2, -0.15) is 0 Å². The lowest BCUT2D eigenvalue weighted by Gasteiger charge is -2.35. The molecule has 0 radical (unpaired) electrons. The van der Waals surface area contributed by atoms with Gasteiger partial charge in [-0.15, -0.1) is 0 Å². The van der Waals surface area contributed by atoms with Gasteiger partial charge in [-0.25, -0.2) is 0 Å². The standard InChI is InChI=1S/C19H29N3O2/c1-15(16-7-8-16)20-19(24)14-22-11-9-21(10-12-22)13-18(23)17-5-3-2-4-6-17/h2-6,15-16,18,23H,7-14H2,1H3,(H,20,24)/t15-,18+/m1/s1. The predicted molar refractivity (Wildman–Crippen MR) is 94.6 cm³/mol. The van der Waals surface area contributed by atoms with Gasteiger partial charge in [0.1, 0.15) is 0 Å². The van der Waals surface area contributed by atoms with Crippen molar-refractivity contribution in [1.82, 2.24) is 15.1 Å². The maximum absolute atomic E-state index is 12.1. The summed E-state index contributed by atoms with van der Waals surface area (Å²) in [6, 6.07) is 10.1. The SMILES string of the molecule is C[C@@H](NC(=O)CN1CCN(C[C@H](O)c2ccccc2)CC1)C1CC1. The molecule has 1 aliphatic heterocycles. The number of aliphatic hydroxyl groups excluding tert-OH is 1. The first-order valence-electron chi connectivity index (χ1n) is 9.09. The van der Waals surface area contributed by atoms with Gasteiger partial charge in [0.25, 0.3) is 0 Å². The smallest absolute Gasteiger partial charge is 0.234 e. The fourth-order valence-corrected chi connectivity index (χ4v) is 3.37. The van der Waals surface area contributed by atoms with Gasteiger partial charge in [0, 0.05) is 38.8 Å². The molecule has 1 saturated heterocycles. The lowest BCUT2D eigenvalue weighted by atomic mass is 10.1. The maximum atomic E-state index is 12.1. The lowest BCUT2D eigenvalue weighted by molar-refractivity contribution is -0.123. The second kappa shape index (κ2) is 8.10. The Morgan fingerprint density at radius 1 is 1.17 bits per heavy atom. The summed E-state index contributed by atoms with van der Waals surface area (Å²) in [7, 11) is 0. The summed E-state index contributed by atoms with van der Waals surface area (Å²) in [6.45, 7) is 6.82. The van der Waals surface area contributed by atoms with E-state index in [1.165, 1.54) is 12.8 Å². The van der Waals surface area contributed by atoms with Crippen LogP contribution >= 0.6 is 0 Å². The summed E-state index contributed by atoms with van der Waals surface area (Å²) in [4.78, 5) is 16.6. The number of β-amino-alcohol motifs (C(OH)–C–C–N with tert-alkyl or cyclic N) is 1. The van der Waals surface area contributed by atoms with Gasteiger partial charge >= 0.3 is 0 Å².